The average Bonchev–Trinajstić information content (AvgIpc) is 1.69. The number of nitrogens with one attached hydrogen (secondary N) is 1. The van der Waals surface area contributed by atoms with Crippen LogP contribution in [0, 0.1) is 6.42 Å². The zero-order valence-electron chi connectivity index (χ0n) is 4.78. The van der Waals surface area contributed by atoms with E-state index in [-0.39, 0.29) is 0 Å². The second kappa shape index (κ2) is 2.31. The van der Waals surface area contributed by atoms with Crippen molar-refractivity contribution in [1.82, 2.24) is 5.32 Å². The van der Waals surface area contributed by atoms with Crippen LogP contribution in [0.3, 0.4) is 0 Å². The molecule has 0 aromatic heterocycles. The lowest BCUT2D eigenvalue weighted by Crippen LogP contribution is -2.31. The van der Waals surface area contributed by atoms with E-state index in [9.17, 15) is 0 Å². The molecule has 0 aliphatic carbocycles. The highest BCUT2D eigenvalue weighted by molar-refractivity contribution is 4.78. The summed E-state index contributed by atoms with van der Waals surface area (Å²) in [4.78, 5) is 0. The maximum Gasteiger partial charge on any atom is 0.00389 e. The lowest BCUT2D eigenvalue weighted by atomic mass is 10.1. The molecule has 1 N–H and O–H groups in total. The van der Waals surface area contributed by atoms with Crippen molar-refractivity contribution in [2.75, 3.05) is 6.54 Å². The number of hydrogen-bond donors (Lipinski definition) is 1. The summed E-state index contributed by atoms with van der Waals surface area (Å²) in [5, 5.41) is 3.33. The van der Waals surface area contributed by atoms with Gasteiger partial charge in [-0.15, -0.1) is 0 Å². The fourth-order valence-corrected chi connectivity index (χ4v) is 0.856. The summed E-state index contributed by atoms with van der Waals surface area (Å²) >= 11 is 0. The molecule has 1 radical (unpaired) electrons. The molecule has 41 valence electrons. The lowest BCUT2D eigenvalue weighted by Gasteiger charge is -2.17. The number of piperidine rings is 1. The van der Waals surface area contributed by atoms with Crippen molar-refractivity contribution in [3.63, 3.8) is 0 Å². The first kappa shape index (κ1) is 5.10. The molecule has 1 aliphatic rings. The summed E-state index contributed by atoms with van der Waals surface area (Å²) in [6.07, 6.45) is 4.91. The van der Waals surface area contributed by atoms with Gasteiger partial charge in [0.05, 0.1) is 0 Å². The van der Waals surface area contributed by atoms with Gasteiger partial charge in [0.25, 0.3) is 0 Å². The van der Waals surface area contributed by atoms with E-state index in [4.69, 9.17) is 0 Å². The highest BCUT2D eigenvalue weighted by atomic mass is 14.9. The zero-order valence-corrected chi connectivity index (χ0v) is 4.78. The predicted molar refractivity (Wildman–Crippen MR) is 31.0 cm³/mol. The van der Waals surface area contributed by atoms with Crippen molar-refractivity contribution in [1.29, 1.82) is 0 Å². The van der Waals surface area contributed by atoms with Crippen LogP contribution in [0.2, 0.25) is 0 Å². The normalized spacial score (nSPS) is 33.0. The van der Waals surface area contributed by atoms with Gasteiger partial charge in [-0.2, -0.15) is 0 Å². The minimum atomic E-state index is 0.755. The van der Waals surface area contributed by atoms with Crippen LogP contribution in [0.5, 0.6) is 0 Å². The molecular formula is C6H12N. The quantitative estimate of drug-likeness (QED) is 0.476. The van der Waals surface area contributed by atoms with Crippen molar-refractivity contribution in [3.05, 3.63) is 6.42 Å². The van der Waals surface area contributed by atoms with Crippen molar-refractivity contribution in [2.24, 2.45) is 0 Å². The maximum atomic E-state index is 3.33. The summed E-state index contributed by atoms with van der Waals surface area (Å²) in [5.41, 5.74) is 0. The molecule has 0 aromatic carbocycles. The van der Waals surface area contributed by atoms with E-state index < -0.39 is 0 Å². The SMILES string of the molecule is CC1CC[CH]CN1. The van der Waals surface area contributed by atoms with Crippen molar-refractivity contribution in [3.8, 4) is 0 Å². The van der Waals surface area contributed by atoms with E-state index in [1.807, 2.05) is 0 Å². The summed E-state index contributed by atoms with van der Waals surface area (Å²) in [6, 6.07) is 0.755. The topological polar surface area (TPSA) is 12.0 Å². The van der Waals surface area contributed by atoms with Crippen LogP contribution >= 0.6 is 0 Å². The molecular weight excluding hydrogens is 86.1 g/mol. The molecule has 1 heteroatoms. The maximum absolute atomic E-state index is 3.33. The van der Waals surface area contributed by atoms with Gasteiger partial charge in [0.15, 0.2) is 0 Å². The van der Waals surface area contributed by atoms with E-state index in [2.05, 4.69) is 18.7 Å². The largest absolute Gasteiger partial charge is 0.314 e. The summed E-state index contributed by atoms with van der Waals surface area (Å²) in [6.45, 7) is 3.34. The molecule has 1 heterocycles. The monoisotopic (exact) mass is 98.1 g/mol. The Bertz CT molecular complexity index is 46.1. The highest BCUT2D eigenvalue weighted by Gasteiger charge is 2.04. The molecule has 1 rings (SSSR count). The molecule has 1 saturated heterocycles. The van der Waals surface area contributed by atoms with Gasteiger partial charge >= 0.3 is 0 Å². The zero-order chi connectivity index (χ0) is 5.11. The Hall–Kier alpha value is -0.0400. The molecule has 1 aliphatic heterocycles. The molecule has 1 nitrogen and oxygen atoms in total. The van der Waals surface area contributed by atoms with Gasteiger partial charge in [-0.25, -0.2) is 0 Å². The molecule has 1 atom stereocenters. The summed E-state index contributed by atoms with van der Waals surface area (Å²) in [7, 11) is 0. The van der Waals surface area contributed by atoms with Crippen LogP contribution < -0.4 is 5.32 Å². The van der Waals surface area contributed by atoms with Crippen LogP contribution in [0.25, 0.3) is 0 Å². The van der Waals surface area contributed by atoms with Crippen LogP contribution in [0.1, 0.15) is 19.8 Å². The molecule has 0 amide bonds. The van der Waals surface area contributed by atoms with E-state index in [0.29, 0.717) is 0 Å². The second-order valence-electron chi connectivity index (χ2n) is 2.18. The predicted octanol–water partition coefficient (Wildman–Crippen LogP) is 0.963. The Morgan fingerprint density at radius 3 is 2.86 bits per heavy atom. The molecule has 0 bridgehead atoms. The van der Waals surface area contributed by atoms with Gasteiger partial charge in [0.1, 0.15) is 0 Å². The summed E-state index contributed by atoms with van der Waals surface area (Å²) in [5.74, 6) is 0. The average molecular weight is 98.2 g/mol. The Labute approximate surface area is 45.1 Å². The van der Waals surface area contributed by atoms with Gasteiger partial charge < -0.3 is 5.32 Å². The van der Waals surface area contributed by atoms with E-state index in [1.54, 1.807) is 0 Å². The Morgan fingerprint density at radius 2 is 2.57 bits per heavy atom. The Balaban J connectivity index is 2.12. The Kier molecular flexibility index (Phi) is 1.69. The smallest absolute Gasteiger partial charge is 0.00389 e. The molecule has 1 fully saturated rings. The standard InChI is InChI=1S/C6H12N/c1-6-4-2-3-5-7-6/h3,6-7H,2,4-5H2,1H3. The molecule has 0 aromatic rings. The van der Waals surface area contributed by atoms with E-state index >= 15 is 0 Å². The van der Waals surface area contributed by atoms with E-state index in [0.717, 1.165) is 12.6 Å². The fourth-order valence-electron chi connectivity index (χ4n) is 0.856. The third-order valence-electron chi connectivity index (χ3n) is 1.41. The lowest BCUT2D eigenvalue weighted by molar-refractivity contribution is 0.482. The van der Waals surface area contributed by atoms with Crippen molar-refractivity contribution >= 4 is 0 Å². The molecule has 1 unspecified atom stereocenters. The fraction of sp³-hybridized carbons (Fsp3) is 0.833. The minimum Gasteiger partial charge on any atom is -0.314 e. The van der Waals surface area contributed by atoms with Gasteiger partial charge in [-0.05, 0) is 32.7 Å². The second-order valence-corrected chi connectivity index (χ2v) is 2.18. The van der Waals surface area contributed by atoms with Crippen LogP contribution in [0.4, 0.5) is 0 Å². The highest BCUT2D eigenvalue weighted by Crippen LogP contribution is 2.03. The number of hydrogen-bond acceptors (Lipinski definition) is 1. The first-order valence-corrected chi connectivity index (χ1v) is 2.94. The Morgan fingerprint density at radius 1 is 1.71 bits per heavy atom. The molecule has 7 heavy (non-hydrogen) atoms. The van der Waals surface area contributed by atoms with Gasteiger partial charge in [0, 0.05) is 6.04 Å². The summed E-state index contributed by atoms with van der Waals surface area (Å²) < 4.78 is 0. The first-order chi connectivity index (χ1) is 3.39. The van der Waals surface area contributed by atoms with Crippen LogP contribution in [-0.2, 0) is 0 Å². The third kappa shape index (κ3) is 1.48. The van der Waals surface area contributed by atoms with Crippen molar-refractivity contribution < 1.29 is 0 Å². The van der Waals surface area contributed by atoms with Crippen LogP contribution in [-0.4, -0.2) is 12.6 Å². The number of rotatable bonds is 0. The van der Waals surface area contributed by atoms with E-state index in [1.165, 1.54) is 12.8 Å². The first-order valence-electron chi connectivity index (χ1n) is 2.94. The van der Waals surface area contributed by atoms with Gasteiger partial charge in [0.2, 0.25) is 0 Å². The molecule has 0 saturated carbocycles. The molecule has 0 spiro atoms. The van der Waals surface area contributed by atoms with Crippen molar-refractivity contribution in [2.45, 2.75) is 25.8 Å². The van der Waals surface area contributed by atoms with Gasteiger partial charge in [-0.3, -0.25) is 0 Å². The van der Waals surface area contributed by atoms with Crippen LogP contribution in [0.15, 0.2) is 0 Å². The van der Waals surface area contributed by atoms with Gasteiger partial charge in [-0.1, -0.05) is 0 Å². The third-order valence-corrected chi connectivity index (χ3v) is 1.41. The minimum absolute atomic E-state index is 0.755.